The van der Waals surface area contributed by atoms with E-state index in [1.807, 2.05) is 11.8 Å². The maximum atomic E-state index is 13.0. The van der Waals surface area contributed by atoms with Crippen molar-refractivity contribution in [3.63, 3.8) is 0 Å². The van der Waals surface area contributed by atoms with E-state index < -0.39 is 17.7 Å². The Balaban J connectivity index is 1.88. The molecule has 0 saturated carbocycles. The summed E-state index contributed by atoms with van der Waals surface area (Å²) in [5, 5.41) is 9.93. The van der Waals surface area contributed by atoms with E-state index in [4.69, 9.17) is 0 Å². The van der Waals surface area contributed by atoms with Gasteiger partial charge in [-0.1, -0.05) is 0 Å². The van der Waals surface area contributed by atoms with Crippen molar-refractivity contribution < 1.29 is 13.9 Å². The van der Waals surface area contributed by atoms with Gasteiger partial charge in [0.25, 0.3) is 0 Å². The second-order valence-electron chi connectivity index (χ2n) is 4.46. The van der Waals surface area contributed by atoms with Crippen LogP contribution >= 0.6 is 11.8 Å². The molecule has 1 aliphatic heterocycles. The lowest BCUT2D eigenvalue weighted by molar-refractivity contribution is 0.144. The van der Waals surface area contributed by atoms with Crippen LogP contribution in [0.15, 0.2) is 18.2 Å². The second kappa shape index (κ2) is 6.50. The van der Waals surface area contributed by atoms with Crippen molar-refractivity contribution in [2.45, 2.75) is 12.5 Å². The predicted molar refractivity (Wildman–Crippen MR) is 69.7 cm³/mol. The average Bonchev–Trinajstić information content (AvgIpc) is 2.36. The summed E-state index contributed by atoms with van der Waals surface area (Å²) in [6.07, 6.45) is -0.294. The minimum atomic E-state index is -0.801. The van der Waals surface area contributed by atoms with Crippen molar-refractivity contribution in [3.8, 4) is 0 Å². The number of thioether (sulfide) groups is 1. The van der Waals surface area contributed by atoms with Gasteiger partial charge in [0.1, 0.15) is 11.6 Å². The molecule has 0 radical (unpaired) electrons. The van der Waals surface area contributed by atoms with Crippen LogP contribution in [-0.2, 0) is 0 Å². The molecule has 1 saturated heterocycles. The van der Waals surface area contributed by atoms with Crippen molar-refractivity contribution in [2.24, 2.45) is 0 Å². The summed E-state index contributed by atoms with van der Waals surface area (Å²) in [6, 6.07) is 3.21. The number of hydrogen-bond acceptors (Lipinski definition) is 3. The third-order valence-corrected chi connectivity index (χ3v) is 4.03. The first-order valence-electron chi connectivity index (χ1n) is 6.09. The Labute approximate surface area is 110 Å². The molecule has 2 nitrogen and oxygen atoms in total. The van der Waals surface area contributed by atoms with E-state index in [0.717, 1.165) is 37.2 Å². The van der Waals surface area contributed by atoms with Gasteiger partial charge in [-0.3, -0.25) is 0 Å². The van der Waals surface area contributed by atoms with Crippen molar-refractivity contribution >= 4 is 11.8 Å². The number of benzene rings is 1. The van der Waals surface area contributed by atoms with Crippen LogP contribution < -0.4 is 0 Å². The molecule has 1 fully saturated rings. The molecular weight excluding hydrogens is 256 g/mol. The van der Waals surface area contributed by atoms with Gasteiger partial charge in [-0.15, -0.1) is 0 Å². The number of aliphatic hydroxyl groups is 1. The fraction of sp³-hybridized carbons (Fsp3) is 0.538. The summed E-state index contributed by atoms with van der Waals surface area (Å²) in [5.74, 6) is 0.951. The zero-order chi connectivity index (χ0) is 13.0. The number of nitrogens with zero attached hydrogens (tertiary/aromatic N) is 1. The summed E-state index contributed by atoms with van der Waals surface area (Å²) in [7, 11) is 0. The largest absolute Gasteiger partial charge is 0.388 e. The smallest absolute Gasteiger partial charge is 0.126 e. The maximum absolute atomic E-state index is 13.0. The van der Waals surface area contributed by atoms with Crippen molar-refractivity contribution in [3.05, 3.63) is 35.4 Å². The zero-order valence-corrected chi connectivity index (χ0v) is 10.9. The van der Waals surface area contributed by atoms with Crippen LogP contribution in [0.1, 0.15) is 18.1 Å². The highest BCUT2D eigenvalue weighted by atomic mass is 32.2. The predicted octanol–water partition coefficient (Wildman–Crippen LogP) is 2.44. The molecule has 100 valence electrons. The highest BCUT2D eigenvalue weighted by Crippen LogP contribution is 2.20. The van der Waals surface area contributed by atoms with Crippen LogP contribution in [0.5, 0.6) is 0 Å². The Morgan fingerprint density at radius 1 is 1.17 bits per heavy atom. The molecule has 0 aromatic heterocycles. The number of rotatable bonds is 4. The lowest BCUT2D eigenvalue weighted by atomic mass is 10.1. The van der Waals surface area contributed by atoms with Crippen LogP contribution in [0, 0.1) is 11.6 Å². The van der Waals surface area contributed by atoms with E-state index in [-0.39, 0.29) is 0 Å². The van der Waals surface area contributed by atoms with E-state index in [1.165, 1.54) is 12.1 Å². The van der Waals surface area contributed by atoms with Gasteiger partial charge >= 0.3 is 0 Å². The van der Waals surface area contributed by atoms with Crippen molar-refractivity contribution in [1.29, 1.82) is 0 Å². The summed E-state index contributed by atoms with van der Waals surface area (Å²) >= 11 is 1.93. The van der Waals surface area contributed by atoms with E-state index in [0.29, 0.717) is 12.0 Å². The lowest BCUT2D eigenvalue weighted by Crippen LogP contribution is -2.34. The van der Waals surface area contributed by atoms with Gasteiger partial charge in [0.05, 0.1) is 6.10 Å². The van der Waals surface area contributed by atoms with Crippen LogP contribution in [0.2, 0.25) is 0 Å². The van der Waals surface area contributed by atoms with Gasteiger partial charge in [0, 0.05) is 37.2 Å². The number of hydrogen-bond donors (Lipinski definition) is 1. The third-order valence-electron chi connectivity index (χ3n) is 3.09. The van der Waals surface area contributed by atoms with Gasteiger partial charge in [-0.25, -0.2) is 8.78 Å². The molecule has 1 aromatic carbocycles. The third kappa shape index (κ3) is 3.93. The molecule has 1 aliphatic rings. The van der Waals surface area contributed by atoms with E-state index >= 15 is 0 Å². The Bertz CT molecular complexity index is 376. The van der Waals surface area contributed by atoms with Gasteiger partial charge < -0.3 is 10.0 Å². The first kappa shape index (κ1) is 13.8. The minimum absolute atomic E-state index is 0.318. The fourth-order valence-electron chi connectivity index (χ4n) is 2.06. The van der Waals surface area contributed by atoms with Crippen molar-refractivity contribution in [2.75, 3.05) is 31.1 Å². The first-order chi connectivity index (χ1) is 8.65. The zero-order valence-electron chi connectivity index (χ0n) is 10.1. The number of aliphatic hydroxyl groups excluding tert-OH is 1. The molecule has 1 unspecified atom stereocenters. The molecule has 0 bridgehead atoms. The highest BCUT2D eigenvalue weighted by Gasteiger charge is 2.14. The summed E-state index contributed by atoms with van der Waals surface area (Å²) in [6.45, 7) is 2.81. The topological polar surface area (TPSA) is 23.5 Å². The normalized spacial score (nSPS) is 18.8. The molecule has 18 heavy (non-hydrogen) atoms. The molecule has 1 heterocycles. The monoisotopic (exact) mass is 273 g/mol. The Hall–Kier alpha value is -0.650. The molecule has 2 rings (SSSR count). The van der Waals surface area contributed by atoms with E-state index in [2.05, 4.69) is 4.90 Å². The molecule has 0 amide bonds. The molecule has 1 atom stereocenters. The highest BCUT2D eigenvalue weighted by molar-refractivity contribution is 7.99. The van der Waals surface area contributed by atoms with Gasteiger partial charge in [-0.05, 0) is 24.1 Å². The Morgan fingerprint density at radius 2 is 1.78 bits per heavy atom. The number of halogens is 2. The van der Waals surface area contributed by atoms with Crippen molar-refractivity contribution in [1.82, 2.24) is 4.90 Å². The quantitative estimate of drug-likeness (QED) is 0.911. The molecule has 1 aromatic rings. The molecule has 1 N–H and O–H groups in total. The minimum Gasteiger partial charge on any atom is -0.388 e. The SMILES string of the molecule is OC(CCN1CCSCC1)c1cc(F)cc(F)c1. The Kier molecular flexibility index (Phi) is 4.97. The molecule has 0 aliphatic carbocycles. The second-order valence-corrected chi connectivity index (χ2v) is 5.69. The van der Waals surface area contributed by atoms with Crippen LogP contribution in [-0.4, -0.2) is 41.1 Å². The molecular formula is C13H17F2NOS. The standard InChI is InChI=1S/C13H17F2NOS/c14-11-7-10(8-12(15)9-11)13(17)1-2-16-3-5-18-6-4-16/h7-9,13,17H,1-6H2. The summed E-state index contributed by atoms with van der Waals surface area (Å²) < 4.78 is 26.0. The molecule has 0 spiro atoms. The van der Waals surface area contributed by atoms with Gasteiger partial charge in [0.2, 0.25) is 0 Å². The lowest BCUT2D eigenvalue weighted by Gasteiger charge is -2.27. The average molecular weight is 273 g/mol. The van der Waals surface area contributed by atoms with Crippen LogP contribution in [0.25, 0.3) is 0 Å². The van der Waals surface area contributed by atoms with Crippen LogP contribution in [0.4, 0.5) is 8.78 Å². The van der Waals surface area contributed by atoms with Crippen LogP contribution in [0.3, 0.4) is 0 Å². The molecule has 5 heteroatoms. The van der Waals surface area contributed by atoms with Gasteiger partial charge in [0.15, 0.2) is 0 Å². The fourth-order valence-corrected chi connectivity index (χ4v) is 3.04. The summed E-state index contributed by atoms with van der Waals surface area (Å²) in [5.41, 5.74) is 0.318. The Morgan fingerprint density at radius 3 is 2.39 bits per heavy atom. The maximum Gasteiger partial charge on any atom is 0.126 e. The van der Waals surface area contributed by atoms with E-state index in [1.54, 1.807) is 0 Å². The first-order valence-corrected chi connectivity index (χ1v) is 7.25. The van der Waals surface area contributed by atoms with Gasteiger partial charge in [-0.2, -0.15) is 11.8 Å². The summed E-state index contributed by atoms with van der Waals surface area (Å²) in [4.78, 5) is 2.27. The van der Waals surface area contributed by atoms with E-state index in [9.17, 15) is 13.9 Å².